The lowest BCUT2D eigenvalue weighted by Gasteiger charge is -2.36. The van der Waals surface area contributed by atoms with Gasteiger partial charge in [-0.25, -0.2) is 0 Å². The molecule has 3 rings (SSSR count). The van der Waals surface area contributed by atoms with Crippen molar-refractivity contribution in [1.82, 2.24) is 15.1 Å². The predicted octanol–water partition coefficient (Wildman–Crippen LogP) is 1.95. The van der Waals surface area contributed by atoms with E-state index in [9.17, 15) is 9.59 Å². The van der Waals surface area contributed by atoms with Gasteiger partial charge in [0, 0.05) is 24.4 Å². The van der Waals surface area contributed by atoms with Gasteiger partial charge in [0.05, 0.1) is 6.20 Å². The first-order chi connectivity index (χ1) is 11.0. The Balaban J connectivity index is 1.83. The Morgan fingerprint density at radius 1 is 1.17 bits per heavy atom. The number of hydrogen-bond acceptors (Lipinski definition) is 3. The molecule has 0 atom stereocenters. The van der Waals surface area contributed by atoms with Crippen molar-refractivity contribution in [2.45, 2.75) is 31.2 Å². The van der Waals surface area contributed by atoms with Crippen molar-refractivity contribution >= 4 is 11.8 Å². The number of benzene rings is 1. The van der Waals surface area contributed by atoms with Gasteiger partial charge < -0.3 is 10.6 Å². The van der Waals surface area contributed by atoms with E-state index < -0.39 is 11.4 Å². The summed E-state index contributed by atoms with van der Waals surface area (Å²) in [6.45, 7) is 0. The van der Waals surface area contributed by atoms with Gasteiger partial charge in [0.15, 0.2) is 0 Å². The fourth-order valence-electron chi connectivity index (χ4n) is 3.31. The number of aromatic amines is 1. The van der Waals surface area contributed by atoms with Crippen LogP contribution in [-0.2, 0) is 4.79 Å². The number of nitrogens with zero attached hydrogens (tertiary/aromatic N) is 2. The maximum atomic E-state index is 12.7. The third-order valence-corrected chi connectivity index (χ3v) is 4.80. The van der Waals surface area contributed by atoms with Gasteiger partial charge >= 0.3 is 0 Å². The molecule has 0 bridgehead atoms. The van der Waals surface area contributed by atoms with E-state index in [0.717, 1.165) is 24.0 Å². The number of primary amides is 1. The molecule has 120 valence electrons. The zero-order valence-electron chi connectivity index (χ0n) is 13.1. The SMILES string of the molecule is CN(C(=O)c1ccc(-c2cn[nH]c2)cc1)C1(C(N)=O)CCCC1. The van der Waals surface area contributed by atoms with Crippen LogP contribution in [0.5, 0.6) is 0 Å². The first-order valence-corrected chi connectivity index (χ1v) is 7.72. The number of nitrogens with two attached hydrogens (primary N) is 1. The molecule has 1 aliphatic carbocycles. The van der Waals surface area contributed by atoms with Crippen LogP contribution in [0.2, 0.25) is 0 Å². The lowest BCUT2D eigenvalue weighted by Crippen LogP contribution is -2.56. The standard InChI is InChI=1S/C17H20N4O2/c1-21(17(16(18)23)8-2-3-9-17)15(22)13-6-4-12(5-7-13)14-10-19-20-11-14/h4-7,10-11H,2-3,8-9H2,1H3,(H2,18,23)(H,19,20). The van der Waals surface area contributed by atoms with Gasteiger partial charge in [0.1, 0.15) is 5.54 Å². The second-order valence-electron chi connectivity index (χ2n) is 6.03. The molecule has 2 amide bonds. The molecule has 0 saturated heterocycles. The summed E-state index contributed by atoms with van der Waals surface area (Å²) in [7, 11) is 1.67. The van der Waals surface area contributed by atoms with Crippen molar-refractivity contribution in [3.8, 4) is 11.1 Å². The molecule has 3 N–H and O–H groups in total. The van der Waals surface area contributed by atoms with Gasteiger partial charge in [-0.15, -0.1) is 0 Å². The summed E-state index contributed by atoms with van der Waals surface area (Å²) < 4.78 is 0. The maximum Gasteiger partial charge on any atom is 0.254 e. The van der Waals surface area contributed by atoms with Gasteiger partial charge in [-0.05, 0) is 30.5 Å². The molecule has 2 aromatic rings. The van der Waals surface area contributed by atoms with Crippen molar-refractivity contribution in [3.05, 3.63) is 42.2 Å². The lowest BCUT2D eigenvalue weighted by atomic mass is 9.93. The van der Waals surface area contributed by atoms with E-state index in [1.54, 1.807) is 31.6 Å². The molecule has 1 aromatic heterocycles. The number of likely N-dealkylation sites (N-methyl/N-ethyl adjacent to an activating group) is 1. The van der Waals surface area contributed by atoms with Crippen LogP contribution in [0.3, 0.4) is 0 Å². The molecule has 1 saturated carbocycles. The molecule has 0 spiro atoms. The third kappa shape index (κ3) is 2.60. The minimum absolute atomic E-state index is 0.176. The molecular formula is C17H20N4O2. The Labute approximate surface area is 134 Å². The van der Waals surface area contributed by atoms with Crippen LogP contribution in [-0.4, -0.2) is 39.5 Å². The van der Waals surface area contributed by atoms with Gasteiger partial charge in [0.2, 0.25) is 5.91 Å². The van der Waals surface area contributed by atoms with Crippen LogP contribution in [0.1, 0.15) is 36.0 Å². The number of rotatable bonds is 4. The van der Waals surface area contributed by atoms with Gasteiger partial charge in [0.25, 0.3) is 5.91 Å². The van der Waals surface area contributed by atoms with E-state index in [0.29, 0.717) is 18.4 Å². The molecule has 0 unspecified atom stereocenters. The van der Waals surface area contributed by atoms with E-state index in [1.807, 2.05) is 12.1 Å². The van der Waals surface area contributed by atoms with E-state index in [-0.39, 0.29) is 5.91 Å². The highest BCUT2D eigenvalue weighted by Crippen LogP contribution is 2.35. The average molecular weight is 312 g/mol. The van der Waals surface area contributed by atoms with Crippen LogP contribution in [0.15, 0.2) is 36.7 Å². The molecule has 1 aliphatic rings. The number of amides is 2. The topological polar surface area (TPSA) is 92.1 Å². The smallest absolute Gasteiger partial charge is 0.254 e. The second kappa shape index (κ2) is 5.87. The molecular weight excluding hydrogens is 292 g/mol. The van der Waals surface area contributed by atoms with Gasteiger partial charge in [-0.1, -0.05) is 25.0 Å². The van der Waals surface area contributed by atoms with Crippen LogP contribution >= 0.6 is 0 Å². The minimum Gasteiger partial charge on any atom is -0.368 e. The maximum absolute atomic E-state index is 12.7. The Hall–Kier alpha value is -2.63. The number of carbonyl (C=O) groups excluding carboxylic acids is 2. The summed E-state index contributed by atoms with van der Waals surface area (Å²) in [4.78, 5) is 26.2. The molecule has 23 heavy (non-hydrogen) atoms. The van der Waals surface area contributed by atoms with E-state index in [4.69, 9.17) is 5.73 Å². The summed E-state index contributed by atoms with van der Waals surface area (Å²) in [5.41, 5.74) is 7.23. The Morgan fingerprint density at radius 2 is 1.83 bits per heavy atom. The van der Waals surface area contributed by atoms with Crippen LogP contribution in [0.25, 0.3) is 11.1 Å². The number of aromatic nitrogens is 2. The van der Waals surface area contributed by atoms with Crippen molar-refractivity contribution < 1.29 is 9.59 Å². The molecule has 6 nitrogen and oxygen atoms in total. The molecule has 1 heterocycles. The molecule has 0 radical (unpaired) electrons. The van der Waals surface area contributed by atoms with E-state index >= 15 is 0 Å². The zero-order chi connectivity index (χ0) is 16.4. The number of carbonyl (C=O) groups is 2. The van der Waals surface area contributed by atoms with E-state index in [2.05, 4.69) is 10.2 Å². The fourth-order valence-corrected chi connectivity index (χ4v) is 3.31. The monoisotopic (exact) mass is 312 g/mol. The Bertz CT molecular complexity index is 701. The summed E-state index contributed by atoms with van der Waals surface area (Å²) >= 11 is 0. The first-order valence-electron chi connectivity index (χ1n) is 7.72. The highest BCUT2D eigenvalue weighted by atomic mass is 16.2. The summed E-state index contributed by atoms with van der Waals surface area (Å²) in [5.74, 6) is -0.592. The average Bonchev–Trinajstić information content (AvgIpc) is 3.25. The Morgan fingerprint density at radius 3 is 2.35 bits per heavy atom. The van der Waals surface area contributed by atoms with Gasteiger partial charge in [-0.3, -0.25) is 14.7 Å². The molecule has 1 aromatic carbocycles. The lowest BCUT2D eigenvalue weighted by molar-refractivity contribution is -0.127. The van der Waals surface area contributed by atoms with Crippen LogP contribution < -0.4 is 5.73 Å². The molecule has 6 heteroatoms. The Kier molecular flexibility index (Phi) is 3.90. The van der Waals surface area contributed by atoms with E-state index in [1.165, 1.54) is 4.90 Å². The summed E-state index contributed by atoms with van der Waals surface area (Å²) in [6, 6.07) is 7.28. The van der Waals surface area contributed by atoms with Crippen molar-refractivity contribution in [3.63, 3.8) is 0 Å². The first kappa shape index (κ1) is 15.3. The number of nitrogens with one attached hydrogen (secondary N) is 1. The zero-order valence-corrected chi connectivity index (χ0v) is 13.1. The van der Waals surface area contributed by atoms with Crippen molar-refractivity contribution in [2.24, 2.45) is 5.73 Å². The second-order valence-corrected chi connectivity index (χ2v) is 6.03. The molecule has 0 aliphatic heterocycles. The summed E-state index contributed by atoms with van der Waals surface area (Å²) in [5, 5.41) is 6.68. The van der Waals surface area contributed by atoms with Crippen LogP contribution in [0, 0.1) is 0 Å². The number of hydrogen-bond donors (Lipinski definition) is 2. The quantitative estimate of drug-likeness (QED) is 0.903. The minimum atomic E-state index is -0.847. The number of H-pyrrole nitrogens is 1. The normalized spacial score (nSPS) is 16.2. The van der Waals surface area contributed by atoms with Gasteiger partial charge in [-0.2, -0.15) is 5.10 Å². The molecule has 1 fully saturated rings. The summed E-state index contributed by atoms with van der Waals surface area (Å²) in [6.07, 6.45) is 6.63. The fraction of sp³-hybridized carbons (Fsp3) is 0.353. The van der Waals surface area contributed by atoms with Crippen molar-refractivity contribution in [1.29, 1.82) is 0 Å². The largest absolute Gasteiger partial charge is 0.368 e. The third-order valence-electron chi connectivity index (χ3n) is 4.80. The van der Waals surface area contributed by atoms with Crippen molar-refractivity contribution in [2.75, 3.05) is 7.05 Å². The highest BCUT2D eigenvalue weighted by Gasteiger charge is 2.45. The predicted molar refractivity (Wildman–Crippen MR) is 86.5 cm³/mol. The highest BCUT2D eigenvalue weighted by molar-refractivity contribution is 5.99. The van der Waals surface area contributed by atoms with Crippen LogP contribution in [0.4, 0.5) is 0 Å².